The monoisotopic (exact) mass is 195 g/mol. The van der Waals surface area contributed by atoms with E-state index >= 15 is 0 Å². The smallest absolute Gasteiger partial charge is 0.131 e. The van der Waals surface area contributed by atoms with Crippen LogP contribution in [0, 0.1) is 12.7 Å². The number of nitrogens with two attached hydrogens (primary N) is 1. The van der Waals surface area contributed by atoms with Crippen LogP contribution < -0.4 is 10.5 Å². The molecule has 1 aliphatic heterocycles. The predicted octanol–water partition coefficient (Wildman–Crippen LogP) is 2.31. The van der Waals surface area contributed by atoms with E-state index in [0.29, 0.717) is 17.9 Å². The molecule has 1 aliphatic rings. The Labute approximate surface area is 82.9 Å². The Morgan fingerprint density at radius 2 is 2.29 bits per heavy atom. The summed E-state index contributed by atoms with van der Waals surface area (Å²) in [7, 11) is 0. The van der Waals surface area contributed by atoms with E-state index in [9.17, 15) is 4.39 Å². The van der Waals surface area contributed by atoms with Gasteiger partial charge in [-0.15, -0.1) is 0 Å². The van der Waals surface area contributed by atoms with Gasteiger partial charge < -0.3 is 10.5 Å². The van der Waals surface area contributed by atoms with Gasteiger partial charge in [-0.3, -0.25) is 0 Å². The molecule has 76 valence electrons. The van der Waals surface area contributed by atoms with E-state index in [1.165, 1.54) is 6.07 Å². The van der Waals surface area contributed by atoms with Gasteiger partial charge in [0.2, 0.25) is 0 Å². The summed E-state index contributed by atoms with van der Waals surface area (Å²) in [5.41, 5.74) is 7.40. The molecule has 1 atom stereocenters. The van der Waals surface area contributed by atoms with E-state index in [-0.39, 0.29) is 11.9 Å². The third-order valence-electron chi connectivity index (χ3n) is 2.62. The fourth-order valence-electron chi connectivity index (χ4n) is 1.84. The van der Waals surface area contributed by atoms with Crippen molar-refractivity contribution >= 4 is 0 Å². The van der Waals surface area contributed by atoms with Crippen molar-refractivity contribution < 1.29 is 9.13 Å². The molecule has 0 fully saturated rings. The summed E-state index contributed by atoms with van der Waals surface area (Å²) in [5, 5.41) is 0. The van der Waals surface area contributed by atoms with Gasteiger partial charge in [0.25, 0.3) is 0 Å². The maximum atomic E-state index is 13.5. The lowest BCUT2D eigenvalue weighted by atomic mass is 10.00. The summed E-state index contributed by atoms with van der Waals surface area (Å²) in [5.74, 6) is 0.398. The van der Waals surface area contributed by atoms with Gasteiger partial charge in [0.1, 0.15) is 11.6 Å². The Morgan fingerprint density at radius 3 is 3.07 bits per heavy atom. The molecule has 0 saturated carbocycles. The Bertz CT molecular complexity index is 351. The number of rotatable bonds is 0. The van der Waals surface area contributed by atoms with Gasteiger partial charge in [-0.2, -0.15) is 0 Å². The molecule has 0 amide bonds. The summed E-state index contributed by atoms with van der Waals surface area (Å²) < 4.78 is 19.0. The highest BCUT2D eigenvalue weighted by Gasteiger charge is 2.21. The standard InChI is InChI=1S/C11H14FNO/c1-7-4-5-8(12)10-9(13)3-2-6-14-11(7)10/h4-5,9H,2-3,6,13H2,1H3. The molecule has 2 N–H and O–H groups in total. The SMILES string of the molecule is Cc1ccc(F)c2c1OCCCC2N. The zero-order chi connectivity index (χ0) is 10.1. The highest BCUT2D eigenvalue weighted by molar-refractivity contribution is 5.44. The molecular formula is C11H14FNO. The quantitative estimate of drug-likeness (QED) is 0.689. The Kier molecular flexibility index (Phi) is 2.42. The second kappa shape index (κ2) is 3.58. The number of fused-ring (bicyclic) bond motifs is 1. The Balaban J connectivity index is 2.57. The third kappa shape index (κ3) is 1.48. The van der Waals surface area contributed by atoms with E-state index in [2.05, 4.69) is 0 Å². The van der Waals surface area contributed by atoms with E-state index in [4.69, 9.17) is 10.5 Å². The molecule has 0 radical (unpaired) electrons. The number of hydrogen-bond donors (Lipinski definition) is 1. The van der Waals surface area contributed by atoms with Crippen molar-refractivity contribution in [1.29, 1.82) is 0 Å². The fraction of sp³-hybridized carbons (Fsp3) is 0.455. The number of halogens is 1. The molecule has 1 unspecified atom stereocenters. The zero-order valence-electron chi connectivity index (χ0n) is 8.22. The number of benzene rings is 1. The van der Waals surface area contributed by atoms with E-state index in [1.807, 2.05) is 6.92 Å². The average molecular weight is 195 g/mol. The van der Waals surface area contributed by atoms with Gasteiger partial charge in [-0.25, -0.2) is 4.39 Å². The summed E-state index contributed by atoms with van der Waals surface area (Å²) in [6, 6.07) is 2.96. The summed E-state index contributed by atoms with van der Waals surface area (Å²) in [6.45, 7) is 2.54. The molecule has 2 rings (SSSR count). The Hall–Kier alpha value is -1.09. The lowest BCUT2D eigenvalue weighted by Gasteiger charge is -2.14. The van der Waals surface area contributed by atoms with Gasteiger partial charge in [0.05, 0.1) is 6.61 Å². The summed E-state index contributed by atoms with van der Waals surface area (Å²) >= 11 is 0. The van der Waals surface area contributed by atoms with E-state index in [1.54, 1.807) is 6.07 Å². The molecule has 2 nitrogen and oxygen atoms in total. The minimum atomic E-state index is -0.250. The normalized spacial score (nSPS) is 20.9. The third-order valence-corrected chi connectivity index (χ3v) is 2.62. The van der Waals surface area contributed by atoms with Crippen molar-refractivity contribution in [3.05, 3.63) is 29.1 Å². The van der Waals surface area contributed by atoms with Crippen LogP contribution in [0.25, 0.3) is 0 Å². The van der Waals surface area contributed by atoms with Crippen molar-refractivity contribution in [3.63, 3.8) is 0 Å². The lowest BCUT2D eigenvalue weighted by Crippen LogP contribution is -2.11. The first-order chi connectivity index (χ1) is 6.70. The fourth-order valence-corrected chi connectivity index (χ4v) is 1.84. The molecule has 1 aromatic carbocycles. The predicted molar refractivity (Wildman–Crippen MR) is 52.8 cm³/mol. The number of ether oxygens (including phenoxy) is 1. The minimum absolute atomic E-state index is 0.229. The van der Waals surface area contributed by atoms with Gasteiger partial charge in [-0.1, -0.05) is 6.07 Å². The highest BCUT2D eigenvalue weighted by Crippen LogP contribution is 2.34. The largest absolute Gasteiger partial charge is 0.493 e. The van der Waals surface area contributed by atoms with Crippen molar-refractivity contribution in [2.75, 3.05) is 6.61 Å². The topological polar surface area (TPSA) is 35.2 Å². The maximum Gasteiger partial charge on any atom is 0.131 e. The molecule has 0 aromatic heterocycles. The van der Waals surface area contributed by atoms with Crippen molar-refractivity contribution in [3.8, 4) is 5.75 Å². The molecule has 1 heterocycles. The molecule has 0 saturated heterocycles. The molecule has 14 heavy (non-hydrogen) atoms. The first kappa shape index (κ1) is 9.46. The van der Waals surface area contributed by atoms with Crippen LogP contribution in [-0.2, 0) is 0 Å². The van der Waals surface area contributed by atoms with Gasteiger partial charge in [0, 0.05) is 11.6 Å². The molecule has 1 aromatic rings. The van der Waals surface area contributed by atoms with Crippen LogP contribution in [0.4, 0.5) is 4.39 Å². The minimum Gasteiger partial charge on any atom is -0.493 e. The highest BCUT2D eigenvalue weighted by atomic mass is 19.1. The molecule has 0 bridgehead atoms. The van der Waals surface area contributed by atoms with Crippen LogP contribution in [0.5, 0.6) is 5.75 Å². The lowest BCUT2D eigenvalue weighted by molar-refractivity contribution is 0.313. The first-order valence-electron chi connectivity index (χ1n) is 4.87. The van der Waals surface area contributed by atoms with Gasteiger partial charge in [0.15, 0.2) is 0 Å². The van der Waals surface area contributed by atoms with Crippen LogP contribution >= 0.6 is 0 Å². The Morgan fingerprint density at radius 1 is 1.50 bits per heavy atom. The van der Waals surface area contributed by atoms with Crippen molar-refractivity contribution in [2.45, 2.75) is 25.8 Å². The van der Waals surface area contributed by atoms with Crippen LogP contribution in [-0.4, -0.2) is 6.61 Å². The van der Waals surface area contributed by atoms with Crippen LogP contribution in [0.1, 0.15) is 30.0 Å². The number of aryl methyl sites for hydroxylation is 1. The van der Waals surface area contributed by atoms with Gasteiger partial charge in [-0.05, 0) is 31.4 Å². The molecule has 3 heteroatoms. The average Bonchev–Trinajstić information content (AvgIpc) is 2.35. The van der Waals surface area contributed by atoms with Crippen molar-refractivity contribution in [2.24, 2.45) is 5.73 Å². The van der Waals surface area contributed by atoms with Crippen molar-refractivity contribution in [1.82, 2.24) is 0 Å². The van der Waals surface area contributed by atoms with Crippen LogP contribution in [0.3, 0.4) is 0 Å². The second-order valence-electron chi connectivity index (χ2n) is 3.70. The van der Waals surface area contributed by atoms with Crippen LogP contribution in [0.2, 0.25) is 0 Å². The first-order valence-corrected chi connectivity index (χ1v) is 4.87. The molecule has 0 spiro atoms. The number of hydrogen-bond acceptors (Lipinski definition) is 2. The summed E-state index contributed by atoms with van der Waals surface area (Å²) in [4.78, 5) is 0. The van der Waals surface area contributed by atoms with Crippen LogP contribution in [0.15, 0.2) is 12.1 Å². The van der Waals surface area contributed by atoms with Gasteiger partial charge >= 0.3 is 0 Å². The summed E-state index contributed by atoms with van der Waals surface area (Å²) in [6.07, 6.45) is 1.67. The molecule has 0 aliphatic carbocycles. The zero-order valence-corrected chi connectivity index (χ0v) is 8.22. The molecular weight excluding hydrogens is 181 g/mol. The van der Waals surface area contributed by atoms with E-state index in [0.717, 1.165) is 18.4 Å². The van der Waals surface area contributed by atoms with E-state index < -0.39 is 0 Å². The second-order valence-corrected chi connectivity index (χ2v) is 3.70. The maximum absolute atomic E-state index is 13.5.